The van der Waals surface area contributed by atoms with Gasteiger partial charge in [-0.3, -0.25) is 19.3 Å². The number of benzene rings is 2. The number of piperidine rings is 1. The number of carbonyl (C=O) groups is 1. The first-order chi connectivity index (χ1) is 19.9. The molecule has 1 amide bonds. The maximum Gasteiger partial charge on any atom is 0.286 e. The molecule has 42 heavy (non-hydrogen) atoms. The molecular formula is C26H31Cl3N6O5S2. The number of amides is 1. The van der Waals surface area contributed by atoms with Crippen molar-refractivity contribution in [2.75, 3.05) is 37.7 Å². The van der Waals surface area contributed by atoms with Crippen molar-refractivity contribution in [2.24, 2.45) is 0 Å². The second-order valence-corrected chi connectivity index (χ2v) is 15.6. The standard InChI is InChI=1S/C26H31Cl3N6O5S2/c27-19-6-4-18(5-7-19)25-21(17-30-42(39,40)34-12-14-41(37,38)15-13-34)24(26(36)32-33-10-2-1-3-11-33)31-35(25)23-9-8-20(28)16-22(23)29/h4-9,16,30,37-38H,1-3,10-15,17H2,(H,32,36). The van der Waals surface area contributed by atoms with E-state index in [2.05, 4.69) is 15.2 Å². The number of nitrogens with zero attached hydrogens (tertiary/aromatic N) is 4. The van der Waals surface area contributed by atoms with Crippen LogP contribution in [0.4, 0.5) is 0 Å². The first-order valence-electron chi connectivity index (χ1n) is 13.3. The molecule has 1 aromatic heterocycles. The maximum absolute atomic E-state index is 13.7. The van der Waals surface area contributed by atoms with Gasteiger partial charge < -0.3 is 0 Å². The van der Waals surface area contributed by atoms with Crippen LogP contribution in [-0.2, 0) is 16.8 Å². The Balaban J connectivity index is 1.59. The minimum atomic E-state index is -4.05. The molecular weight excluding hydrogens is 647 g/mol. The third-order valence-electron chi connectivity index (χ3n) is 7.18. The number of hydrazine groups is 1. The second-order valence-electron chi connectivity index (χ2n) is 10.1. The van der Waals surface area contributed by atoms with E-state index in [1.165, 1.54) is 8.99 Å². The molecule has 0 atom stereocenters. The molecule has 2 fully saturated rings. The fraction of sp³-hybridized carbons (Fsp3) is 0.385. The number of rotatable bonds is 8. The van der Waals surface area contributed by atoms with Gasteiger partial charge in [-0.2, -0.15) is 33.1 Å². The van der Waals surface area contributed by atoms with E-state index < -0.39 is 26.7 Å². The van der Waals surface area contributed by atoms with Gasteiger partial charge >= 0.3 is 0 Å². The van der Waals surface area contributed by atoms with Crippen LogP contribution in [0.1, 0.15) is 35.3 Å². The lowest BCUT2D eigenvalue weighted by Gasteiger charge is -2.40. The highest BCUT2D eigenvalue weighted by atomic mass is 35.5. The summed E-state index contributed by atoms with van der Waals surface area (Å²) in [7, 11) is -6.84. The Labute approximate surface area is 261 Å². The molecule has 11 nitrogen and oxygen atoms in total. The van der Waals surface area contributed by atoms with Crippen LogP contribution >= 0.6 is 45.4 Å². The Morgan fingerprint density at radius 3 is 2.21 bits per heavy atom. The predicted molar refractivity (Wildman–Crippen MR) is 167 cm³/mol. The first kappa shape index (κ1) is 31.5. The van der Waals surface area contributed by atoms with Gasteiger partial charge in [0.25, 0.3) is 16.1 Å². The van der Waals surface area contributed by atoms with Gasteiger partial charge in [-0.05, 0) is 43.2 Å². The number of aromatic nitrogens is 2. The van der Waals surface area contributed by atoms with E-state index in [9.17, 15) is 22.3 Å². The van der Waals surface area contributed by atoms with Crippen LogP contribution < -0.4 is 10.1 Å². The molecule has 2 aromatic carbocycles. The Hall–Kier alpha value is -1.91. The molecule has 0 unspecified atom stereocenters. The monoisotopic (exact) mass is 676 g/mol. The molecule has 228 valence electrons. The van der Waals surface area contributed by atoms with Crippen LogP contribution in [0.5, 0.6) is 0 Å². The topological polar surface area (TPSA) is 140 Å². The molecule has 16 heteroatoms. The van der Waals surface area contributed by atoms with Gasteiger partial charge in [-0.15, -0.1) is 0 Å². The lowest BCUT2D eigenvalue weighted by atomic mass is 10.0. The summed E-state index contributed by atoms with van der Waals surface area (Å²) in [5.74, 6) is -0.571. The van der Waals surface area contributed by atoms with Crippen molar-refractivity contribution < 1.29 is 22.3 Å². The minimum Gasteiger partial charge on any atom is -0.299 e. The molecule has 0 saturated carbocycles. The number of hydrogen-bond acceptors (Lipinski definition) is 7. The fourth-order valence-electron chi connectivity index (χ4n) is 4.94. The van der Waals surface area contributed by atoms with Gasteiger partial charge in [0.15, 0.2) is 5.69 Å². The largest absolute Gasteiger partial charge is 0.299 e. The molecule has 0 radical (unpaired) electrons. The molecule has 5 rings (SSSR count). The Kier molecular flexibility index (Phi) is 9.74. The Bertz CT molecular complexity index is 1550. The summed E-state index contributed by atoms with van der Waals surface area (Å²) in [6.45, 7) is 1.03. The lowest BCUT2D eigenvalue weighted by Crippen LogP contribution is -2.47. The predicted octanol–water partition coefficient (Wildman–Crippen LogP) is 5.03. The first-order valence-corrected chi connectivity index (χ1v) is 17.8. The summed E-state index contributed by atoms with van der Waals surface area (Å²) in [6.07, 6.45) is 2.96. The summed E-state index contributed by atoms with van der Waals surface area (Å²) < 4.78 is 51.8. The van der Waals surface area contributed by atoms with Crippen molar-refractivity contribution in [3.63, 3.8) is 0 Å². The van der Waals surface area contributed by atoms with Crippen molar-refractivity contribution in [3.05, 3.63) is 68.8 Å². The summed E-state index contributed by atoms with van der Waals surface area (Å²) >= 11 is 18.9. The van der Waals surface area contributed by atoms with Crippen LogP contribution in [0, 0.1) is 0 Å². The normalized spacial score (nSPS) is 19.0. The fourth-order valence-corrected chi connectivity index (χ4v) is 8.19. The number of carbonyl (C=O) groups excluding carboxylic acids is 1. The summed E-state index contributed by atoms with van der Waals surface area (Å²) in [4.78, 5) is 13.7. The van der Waals surface area contributed by atoms with Gasteiger partial charge in [-0.1, -0.05) is 53.4 Å². The molecule has 0 spiro atoms. The smallest absolute Gasteiger partial charge is 0.286 e. The molecule has 3 heterocycles. The van der Waals surface area contributed by atoms with E-state index in [4.69, 9.17) is 34.8 Å². The molecule has 4 N–H and O–H groups in total. The van der Waals surface area contributed by atoms with Crippen LogP contribution in [0.25, 0.3) is 16.9 Å². The molecule has 2 aliphatic heterocycles. The zero-order valence-corrected chi connectivity index (χ0v) is 26.4. The Morgan fingerprint density at radius 1 is 0.929 bits per heavy atom. The van der Waals surface area contributed by atoms with Crippen molar-refractivity contribution in [1.29, 1.82) is 0 Å². The average molecular weight is 678 g/mol. The molecule has 2 aliphatic rings. The number of nitrogens with one attached hydrogen (secondary N) is 2. The van der Waals surface area contributed by atoms with E-state index in [1.807, 2.05) is 5.01 Å². The summed E-state index contributed by atoms with van der Waals surface area (Å²) in [6, 6.07) is 11.7. The van der Waals surface area contributed by atoms with E-state index >= 15 is 0 Å². The third kappa shape index (κ3) is 7.24. The van der Waals surface area contributed by atoms with E-state index in [0.717, 1.165) is 19.3 Å². The van der Waals surface area contributed by atoms with Gasteiger partial charge in [0.1, 0.15) is 0 Å². The Morgan fingerprint density at radius 2 is 1.57 bits per heavy atom. The van der Waals surface area contributed by atoms with Crippen LogP contribution in [0.2, 0.25) is 15.1 Å². The van der Waals surface area contributed by atoms with Crippen molar-refractivity contribution >= 4 is 61.5 Å². The van der Waals surface area contributed by atoms with E-state index in [1.54, 1.807) is 42.5 Å². The summed E-state index contributed by atoms with van der Waals surface area (Å²) in [5.41, 5.74) is 4.77. The maximum atomic E-state index is 13.7. The highest BCUT2D eigenvalue weighted by Gasteiger charge is 2.32. The van der Waals surface area contributed by atoms with E-state index in [-0.39, 0.29) is 41.9 Å². The zero-order valence-electron chi connectivity index (χ0n) is 22.5. The quantitative estimate of drug-likeness (QED) is 0.262. The van der Waals surface area contributed by atoms with Gasteiger partial charge in [-0.25, -0.2) is 9.69 Å². The van der Waals surface area contributed by atoms with Gasteiger partial charge in [0, 0.05) is 53.9 Å². The molecule has 2 saturated heterocycles. The highest BCUT2D eigenvalue weighted by Crippen LogP contribution is 2.41. The van der Waals surface area contributed by atoms with Crippen LogP contribution in [0.15, 0.2) is 42.5 Å². The lowest BCUT2D eigenvalue weighted by molar-refractivity contribution is 0.0743. The summed E-state index contributed by atoms with van der Waals surface area (Å²) in [5, 5.41) is 7.70. The van der Waals surface area contributed by atoms with Gasteiger partial charge in [0.2, 0.25) is 0 Å². The van der Waals surface area contributed by atoms with E-state index in [0.29, 0.717) is 45.6 Å². The average Bonchev–Trinajstić information content (AvgIpc) is 3.32. The SMILES string of the molecule is O=C(NN1CCCCC1)c1nn(-c2ccc(Cl)cc2Cl)c(-c2ccc(Cl)cc2)c1CNS(=O)(=O)N1CCS(O)(O)CC1. The number of hydrogen-bond donors (Lipinski definition) is 4. The van der Waals surface area contributed by atoms with Crippen molar-refractivity contribution in [3.8, 4) is 16.9 Å². The third-order valence-corrected chi connectivity index (χ3v) is 11.2. The zero-order chi connectivity index (χ0) is 30.1. The molecule has 0 aliphatic carbocycles. The van der Waals surface area contributed by atoms with Crippen LogP contribution in [-0.4, -0.2) is 80.2 Å². The van der Waals surface area contributed by atoms with Gasteiger partial charge in [0.05, 0.1) is 27.9 Å². The molecule has 0 bridgehead atoms. The van der Waals surface area contributed by atoms with Crippen molar-refractivity contribution in [1.82, 2.24) is 29.2 Å². The second kappa shape index (κ2) is 13.0. The minimum absolute atomic E-state index is 0.0204. The molecule has 3 aromatic rings. The number of halogens is 3. The highest BCUT2D eigenvalue weighted by molar-refractivity contribution is 8.24. The van der Waals surface area contributed by atoms with Crippen LogP contribution in [0.3, 0.4) is 0 Å². The van der Waals surface area contributed by atoms with Crippen molar-refractivity contribution in [2.45, 2.75) is 25.8 Å².